The monoisotopic (exact) mass is 910 g/mol. The average molecular weight is 911 g/mol. The molecule has 0 aromatic rings. The molecule has 17 N–H and O–H groups in total. The van der Waals surface area contributed by atoms with Crippen LogP contribution < -0.4 is 10.6 Å². The van der Waals surface area contributed by atoms with Gasteiger partial charge in [0.1, 0.15) is 122 Å². The molecule has 0 aromatic heterocycles. The van der Waals surface area contributed by atoms with Crippen molar-refractivity contribution in [3.63, 3.8) is 0 Å². The Morgan fingerprint density at radius 3 is 1.37 bits per heavy atom. The molecule has 0 bridgehead atoms. The highest BCUT2D eigenvalue weighted by atomic mass is 16.8. The van der Waals surface area contributed by atoms with Gasteiger partial charge >= 0.3 is 0 Å². The Bertz CT molecular complexity index is 1440. The van der Waals surface area contributed by atoms with Gasteiger partial charge in [-0.05, 0) is 0 Å². The van der Waals surface area contributed by atoms with Gasteiger partial charge in [0.2, 0.25) is 11.8 Å². The molecule has 28 heteroatoms. The second-order valence-electron chi connectivity index (χ2n) is 15.5. The van der Waals surface area contributed by atoms with Gasteiger partial charge in [-0.15, -0.1) is 0 Å². The average Bonchev–Trinajstić information content (AvgIpc) is 3.23. The molecular formula is C34H58N2O26. The molecule has 28 nitrogen and oxygen atoms in total. The van der Waals surface area contributed by atoms with E-state index in [9.17, 15) is 86.2 Å². The Morgan fingerprint density at radius 1 is 0.419 bits per heavy atom. The third-order valence-electron chi connectivity index (χ3n) is 11.1. The molecule has 62 heavy (non-hydrogen) atoms. The minimum absolute atomic E-state index is 0.742. The lowest BCUT2D eigenvalue weighted by Crippen LogP contribution is -2.70. The van der Waals surface area contributed by atoms with Gasteiger partial charge in [0.25, 0.3) is 0 Å². The summed E-state index contributed by atoms with van der Waals surface area (Å²) in [6, 6.07) is -3.27. The first-order valence-corrected chi connectivity index (χ1v) is 19.6. The van der Waals surface area contributed by atoms with E-state index in [-0.39, 0.29) is 0 Å². The van der Waals surface area contributed by atoms with Gasteiger partial charge < -0.3 is 130 Å². The zero-order valence-electron chi connectivity index (χ0n) is 33.2. The largest absolute Gasteiger partial charge is 0.394 e. The topological polar surface area (TPSA) is 445 Å². The molecule has 5 rings (SSSR count). The zero-order chi connectivity index (χ0) is 45.9. The van der Waals surface area contributed by atoms with E-state index in [2.05, 4.69) is 10.6 Å². The first-order valence-electron chi connectivity index (χ1n) is 19.6. The Morgan fingerprint density at radius 2 is 0.839 bits per heavy atom. The van der Waals surface area contributed by atoms with Crippen LogP contribution in [0, 0.1) is 0 Å². The summed E-state index contributed by atoms with van der Waals surface area (Å²) in [5.41, 5.74) is 0. The maximum Gasteiger partial charge on any atom is 0.217 e. The predicted molar refractivity (Wildman–Crippen MR) is 190 cm³/mol. The van der Waals surface area contributed by atoms with E-state index in [1.807, 2.05) is 0 Å². The number of carbonyl (C=O) groups excluding carboxylic acids is 2. The molecule has 5 aliphatic rings. The fourth-order valence-electron chi connectivity index (χ4n) is 7.73. The highest BCUT2D eigenvalue weighted by molar-refractivity contribution is 5.73. The number of ether oxygens (including phenoxy) is 9. The Labute approximate surface area is 351 Å². The van der Waals surface area contributed by atoms with Crippen molar-refractivity contribution < 1.29 is 129 Å². The molecule has 0 spiro atoms. The maximum atomic E-state index is 12.3. The van der Waals surface area contributed by atoms with Crippen LogP contribution in [0.15, 0.2) is 0 Å². The van der Waals surface area contributed by atoms with Crippen molar-refractivity contribution in [1.29, 1.82) is 0 Å². The van der Waals surface area contributed by atoms with Gasteiger partial charge in [-0.2, -0.15) is 0 Å². The molecule has 25 atom stereocenters. The van der Waals surface area contributed by atoms with Crippen LogP contribution in [0.25, 0.3) is 0 Å². The first kappa shape index (κ1) is 51.0. The van der Waals surface area contributed by atoms with Crippen LogP contribution in [0.4, 0.5) is 0 Å². The molecule has 360 valence electrons. The quantitative estimate of drug-likeness (QED) is 0.0725. The van der Waals surface area contributed by atoms with E-state index in [0.29, 0.717) is 0 Å². The summed E-state index contributed by atoms with van der Waals surface area (Å²) >= 11 is 0. The van der Waals surface area contributed by atoms with Crippen LogP contribution in [0.3, 0.4) is 0 Å². The minimum Gasteiger partial charge on any atom is -0.394 e. The van der Waals surface area contributed by atoms with Gasteiger partial charge in [0, 0.05) is 13.8 Å². The van der Waals surface area contributed by atoms with Crippen molar-refractivity contribution >= 4 is 11.8 Å². The van der Waals surface area contributed by atoms with Gasteiger partial charge in [0.15, 0.2) is 31.5 Å². The smallest absolute Gasteiger partial charge is 0.217 e. The molecule has 5 heterocycles. The van der Waals surface area contributed by atoms with Gasteiger partial charge in [-0.1, -0.05) is 0 Å². The number of aliphatic hydroxyl groups is 15. The zero-order valence-corrected chi connectivity index (χ0v) is 33.2. The highest BCUT2D eigenvalue weighted by Gasteiger charge is 2.57. The van der Waals surface area contributed by atoms with Crippen molar-refractivity contribution in [1.82, 2.24) is 10.6 Å². The van der Waals surface area contributed by atoms with Crippen LogP contribution in [-0.2, 0) is 52.2 Å². The van der Waals surface area contributed by atoms with Crippen molar-refractivity contribution in [2.24, 2.45) is 0 Å². The normalized spacial score (nSPS) is 49.0. The second-order valence-corrected chi connectivity index (χ2v) is 15.5. The first-order chi connectivity index (χ1) is 29.3. The molecule has 5 fully saturated rings. The number of aliphatic hydroxyl groups excluding tert-OH is 15. The van der Waals surface area contributed by atoms with E-state index in [1.54, 1.807) is 0 Å². The third kappa shape index (κ3) is 11.0. The van der Waals surface area contributed by atoms with Crippen molar-refractivity contribution in [3.8, 4) is 0 Å². The van der Waals surface area contributed by atoms with Crippen LogP contribution in [0.2, 0.25) is 0 Å². The van der Waals surface area contributed by atoms with E-state index in [4.69, 9.17) is 42.6 Å². The van der Waals surface area contributed by atoms with Crippen molar-refractivity contribution in [2.45, 2.75) is 167 Å². The highest BCUT2D eigenvalue weighted by Crippen LogP contribution is 2.36. The lowest BCUT2D eigenvalue weighted by molar-refractivity contribution is -0.396. The molecular weight excluding hydrogens is 852 g/mol. The van der Waals surface area contributed by atoms with Gasteiger partial charge in [0.05, 0.1) is 33.0 Å². The van der Waals surface area contributed by atoms with Gasteiger partial charge in [-0.25, -0.2) is 0 Å². The number of hydrogen-bond donors (Lipinski definition) is 17. The Balaban J connectivity index is 1.58. The Hall–Kier alpha value is -2.02. The van der Waals surface area contributed by atoms with E-state index < -0.39 is 198 Å². The van der Waals surface area contributed by atoms with E-state index >= 15 is 0 Å². The molecule has 2 amide bonds. The summed E-state index contributed by atoms with van der Waals surface area (Å²) in [6.07, 6.45) is -43.6. The second kappa shape index (κ2) is 22.0. The summed E-state index contributed by atoms with van der Waals surface area (Å²) in [4.78, 5) is 24.2. The lowest BCUT2D eigenvalue weighted by Gasteiger charge is -2.51. The minimum atomic E-state index is -2.26. The summed E-state index contributed by atoms with van der Waals surface area (Å²) in [5.74, 6) is -1.53. The molecule has 5 saturated heterocycles. The molecule has 0 aromatic carbocycles. The van der Waals surface area contributed by atoms with E-state index in [0.717, 1.165) is 13.8 Å². The standard InChI is InChI=1S/C34H58N2O26/c1-8(41)35-15-21(47)27(13(6-40)55-30(15)53)60-34-26(52)29(62-33-25(51)23(49)19(45)12(5-39)58-33)28(61-31-16(36-9(2)42)20(46)17(43)10(3-37)56-31)14(59-34)7-54-32-24(50)22(48)18(44)11(4-38)57-32/h10-34,37-40,43-53H,3-7H2,1-2H3,(H,35,41)(H,36,42)/t10-,11-,12-,13-,14-,15-,16-,17-,18-,19-,20-,21-,22+,23+,24+,25+,26+,27-,28-,29-,30+,31+,32+,33-,34+/m1/s1. The Kier molecular flexibility index (Phi) is 18.1. The fraction of sp³-hybridized carbons (Fsp3) is 0.941. The predicted octanol–water partition coefficient (Wildman–Crippen LogP) is -11.6. The SMILES string of the molecule is CC(=O)N[C@@H]1[C@@H](O)[C@H](O[C@@H]2O[C@H](CO[C@H]3O[C@H](CO)[C@@H](O)[C@H](O)[C@@H]3O)[C@@H](O[C@@H]3O[C@H](CO)[C@@H](O)[C@H](O)[C@H]3NC(C)=O)[C@H](O[C@H]3O[C@H](CO)[C@@H](O)[C@H](O)[C@@H]3O)[C@@H]2O)[C@@H](CO)O[C@@H]1O. The number of hydrogen-bond acceptors (Lipinski definition) is 26. The number of nitrogens with one attached hydrogen (secondary N) is 2. The fourth-order valence-corrected chi connectivity index (χ4v) is 7.73. The molecule has 0 aliphatic carbocycles. The third-order valence-corrected chi connectivity index (χ3v) is 11.1. The van der Waals surface area contributed by atoms with Crippen LogP contribution in [-0.4, -0.2) is 275 Å². The van der Waals surface area contributed by atoms with Crippen LogP contribution in [0.1, 0.15) is 13.8 Å². The number of amides is 2. The summed E-state index contributed by atoms with van der Waals surface area (Å²) in [7, 11) is 0. The van der Waals surface area contributed by atoms with E-state index in [1.165, 1.54) is 0 Å². The van der Waals surface area contributed by atoms with Crippen LogP contribution >= 0.6 is 0 Å². The molecule has 0 radical (unpaired) electrons. The van der Waals surface area contributed by atoms with Crippen LogP contribution in [0.5, 0.6) is 0 Å². The van der Waals surface area contributed by atoms with Gasteiger partial charge in [-0.3, -0.25) is 9.59 Å². The molecule has 5 aliphatic heterocycles. The van der Waals surface area contributed by atoms with Crippen molar-refractivity contribution in [3.05, 3.63) is 0 Å². The van der Waals surface area contributed by atoms with Crippen molar-refractivity contribution in [2.75, 3.05) is 33.0 Å². The number of rotatable bonds is 15. The lowest BCUT2D eigenvalue weighted by atomic mass is 9.94. The molecule has 0 unspecified atom stereocenters. The summed E-state index contributed by atoms with van der Waals surface area (Å²) < 4.78 is 52.0. The summed E-state index contributed by atoms with van der Waals surface area (Å²) in [6.45, 7) is -2.52. The molecule has 0 saturated carbocycles. The summed E-state index contributed by atoms with van der Waals surface area (Å²) in [5, 5.41) is 163. The number of carbonyl (C=O) groups is 2. The maximum absolute atomic E-state index is 12.3.